The summed E-state index contributed by atoms with van der Waals surface area (Å²) in [4.78, 5) is 48.0. The molecule has 0 aliphatic heterocycles. The Morgan fingerprint density at radius 2 is 1.35 bits per heavy atom. The molecule has 0 unspecified atom stereocenters. The molecule has 0 atom stereocenters. The molecule has 4 N–H and O–H groups in total. The van der Waals surface area contributed by atoms with E-state index in [0.717, 1.165) is 4.90 Å². The van der Waals surface area contributed by atoms with E-state index in [2.05, 4.69) is 9.97 Å². The minimum Gasteiger partial charge on any atom is -0.476 e. The number of nitrogens with zero attached hydrogens (tertiary/aromatic N) is 4. The Bertz CT molecular complexity index is 975. The molecule has 2 aromatic rings. The lowest BCUT2D eigenvalue weighted by molar-refractivity contribution is -0.150. The van der Waals surface area contributed by atoms with Crippen molar-refractivity contribution in [3.8, 4) is 11.8 Å². The Morgan fingerprint density at radius 1 is 0.853 bits per heavy atom. The second-order valence-corrected chi connectivity index (χ2v) is 8.22. The summed E-state index contributed by atoms with van der Waals surface area (Å²) in [6.45, 7) is 4.77. The number of nitrogen functional groups attached to an aromatic ring is 2. The lowest BCUT2D eigenvalue weighted by Gasteiger charge is -2.27. The average Bonchev–Trinajstić information content (AvgIpc) is 2.77. The number of hydrogen-bond donors (Lipinski definition) is 2. The second kappa shape index (κ2) is 11.7. The normalized spacial score (nSPS) is 10.8. The molecule has 2 aromatic heterocycles. The minimum absolute atomic E-state index is 0.0741. The number of rotatable bonds is 8. The summed E-state index contributed by atoms with van der Waals surface area (Å²) < 4.78 is 16.2. The molecule has 12 nitrogen and oxygen atoms in total. The van der Waals surface area contributed by atoms with Crippen LogP contribution in [0.1, 0.15) is 20.8 Å². The predicted octanol–water partition coefficient (Wildman–Crippen LogP) is 1.32. The van der Waals surface area contributed by atoms with Crippen molar-refractivity contribution in [3.05, 3.63) is 36.7 Å². The summed E-state index contributed by atoms with van der Waals surface area (Å²) in [5.74, 6) is -1.39. The zero-order chi connectivity index (χ0) is 25.3. The molecule has 12 heteroatoms. The predicted molar refractivity (Wildman–Crippen MR) is 124 cm³/mol. The number of likely N-dealkylation sites (N-methyl/N-ethyl adjacent to an activating group) is 1. The quantitative estimate of drug-likeness (QED) is 0.533. The first-order valence-corrected chi connectivity index (χ1v) is 10.4. The van der Waals surface area contributed by atoms with E-state index < -0.39 is 23.5 Å². The molecule has 0 fully saturated rings. The van der Waals surface area contributed by atoms with E-state index in [1.807, 2.05) is 0 Å². The Morgan fingerprint density at radius 3 is 1.79 bits per heavy atom. The molecule has 0 aliphatic rings. The summed E-state index contributed by atoms with van der Waals surface area (Å²) in [6.07, 6.45) is 1.89. The number of carbonyl (C=O) groups is 3. The summed E-state index contributed by atoms with van der Waals surface area (Å²) in [5.41, 5.74) is 11.2. The number of carbonyl (C=O) groups excluding carboxylic acids is 3. The Kier molecular flexibility index (Phi) is 8.99. The smallest absolute Gasteiger partial charge is 0.417 e. The summed E-state index contributed by atoms with van der Waals surface area (Å²) in [7, 11) is 1.42. The van der Waals surface area contributed by atoms with E-state index in [1.165, 1.54) is 19.4 Å². The molecule has 0 saturated heterocycles. The van der Waals surface area contributed by atoms with Gasteiger partial charge in [-0.3, -0.25) is 9.59 Å². The molecule has 0 saturated carbocycles. The second-order valence-electron chi connectivity index (χ2n) is 8.22. The van der Waals surface area contributed by atoms with Crippen molar-refractivity contribution in [2.75, 3.05) is 44.8 Å². The highest BCUT2D eigenvalue weighted by Gasteiger charge is 2.33. The van der Waals surface area contributed by atoms with Gasteiger partial charge in [-0.25, -0.2) is 19.7 Å². The number of hydrogen-bond acceptors (Lipinski definition) is 10. The standard InChI is InChI=1S/C22H30N6O6/c1-22(2,3)34-21(31)28(10-12-33-18-8-6-16(24)14-26-18)20(30)19(29)27(4)9-11-32-17-7-5-15(23)13-25-17/h5-8,13-14H,9-12,23-24H2,1-4H3. The van der Waals surface area contributed by atoms with Crippen LogP contribution >= 0.6 is 0 Å². The molecule has 2 heterocycles. The van der Waals surface area contributed by atoms with Crippen molar-refractivity contribution in [1.82, 2.24) is 19.8 Å². The van der Waals surface area contributed by atoms with Gasteiger partial charge in [-0.15, -0.1) is 0 Å². The number of aromatic nitrogens is 2. The Labute approximate surface area is 197 Å². The van der Waals surface area contributed by atoms with Crippen LogP contribution in [0.2, 0.25) is 0 Å². The van der Waals surface area contributed by atoms with Crippen molar-refractivity contribution < 1.29 is 28.6 Å². The fourth-order valence-corrected chi connectivity index (χ4v) is 2.46. The van der Waals surface area contributed by atoms with E-state index in [4.69, 9.17) is 25.7 Å². The Balaban J connectivity index is 1.98. The number of imide groups is 1. The van der Waals surface area contributed by atoms with E-state index >= 15 is 0 Å². The average molecular weight is 475 g/mol. The van der Waals surface area contributed by atoms with Crippen molar-refractivity contribution in [2.24, 2.45) is 0 Å². The lowest BCUT2D eigenvalue weighted by atomic mass is 10.2. The van der Waals surface area contributed by atoms with Crippen LogP contribution in [0, 0.1) is 0 Å². The SMILES string of the molecule is CN(CCOc1ccc(N)cn1)C(=O)C(=O)N(CCOc1ccc(N)cn1)C(=O)OC(C)(C)C. The molecule has 0 bridgehead atoms. The number of amides is 3. The molecule has 2 rings (SSSR count). The van der Waals surface area contributed by atoms with Crippen LogP contribution in [0.15, 0.2) is 36.7 Å². The zero-order valence-corrected chi connectivity index (χ0v) is 19.7. The first kappa shape index (κ1) is 26.2. The highest BCUT2D eigenvalue weighted by Crippen LogP contribution is 2.12. The highest BCUT2D eigenvalue weighted by atomic mass is 16.6. The van der Waals surface area contributed by atoms with Gasteiger partial charge < -0.3 is 30.6 Å². The molecule has 34 heavy (non-hydrogen) atoms. The largest absolute Gasteiger partial charge is 0.476 e. The number of nitrogens with two attached hydrogens (primary N) is 2. The maximum Gasteiger partial charge on any atom is 0.417 e. The molecule has 0 aliphatic carbocycles. The first-order chi connectivity index (χ1) is 16.0. The topological polar surface area (TPSA) is 163 Å². The van der Waals surface area contributed by atoms with Gasteiger partial charge in [0, 0.05) is 19.2 Å². The third-order valence-corrected chi connectivity index (χ3v) is 4.15. The fraction of sp³-hybridized carbons (Fsp3) is 0.409. The summed E-state index contributed by atoms with van der Waals surface area (Å²) in [5, 5.41) is 0. The van der Waals surface area contributed by atoms with Crippen LogP contribution in [0.25, 0.3) is 0 Å². The molecule has 0 spiro atoms. The van der Waals surface area contributed by atoms with Crippen molar-refractivity contribution in [2.45, 2.75) is 26.4 Å². The van der Waals surface area contributed by atoms with E-state index in [1.54, 1.807) is 45.0 Å². The van der Waals surface area contributed by atoms with E-state index in [0.29, 0.717) is 22.2 Å². The van der Waals surface area contributed by atoms with Gasteiger partial charge in [0.1, 0.15) is 18.8 Å². The van der Waals surface area contributed by atoms with Gasteiger partial charge in [-0.2, -0.15) is 0 Å². The maximum absolute atomic E-state index is 12.8. The van der Waals surface area contributed by atoms with Gasteiger partial charge >= 0.3 is 17.9 Å². The van der Waals surface area contributed by atoms with Gasteiger partial charge in [0.15, 0.2) is 0 Å². The number of pyridine rings is 2. The van der Waals surface area contributed by atoms with Gasteiger partial charge in [0.05, 0.1) is 36.9 Å². The van der Waals surface area contributed by atoms with Gasteiger partial charge in [-0.1, -0.05) is 0 Å². The fourth-order valence-electron chi connectivity index (χ4n) is 2.46. The van der Waals surface area contributed by atoms with Crippen LogP contribution in [-0.2, 0) is 14.3 Å². The molecule has 3 amide bonds. The molecular formula is C22H30N6O6. The number of ether oxygens (including phenoxy) is 3. The molecule has 184 valence electrons. The molecule has 0 radical (unpaired) electrons. The molecular weight excluding hydrogens is 444 g/mol. The minimum atomic E-state index is -1.06. The van der Waals surface area contributed by atoms with E-state index in [-0.39, 0.29) is 32.2 Å². The van der Waals surface area contributed by atoms with Crippen LogP contribution in [-0.4, -0.2) is 76.6 Å². The van der Waals surface area contributed by atoms with Crippen molar-refractivity contribution in [1.29, 1.82) is 0 Å². The van der Waals surface area contributed by atoms with Gasteiger partial charge in [0.25, 0.3) is 0 Å². The summed E-state index contributed by atoms with van der Waals surface area (Å²) in [6, 6.07) is 6.35. The van der Waals surface area contributed by atoms with Crippen LogP contribution in [0.3, 0.4) is 0 Å². The monoisotopic (exact) mass is 474 g/mol. The maximum atomic E-state index is 12.8. The highest BCUT2D eigenvalue weighted by molar-refractivity contribution is 6.37. The van der Waals surface area contributed by atoms with Crippen molar-refractivity contribution in [3.63, 3.8) is 0 Å². The van der Waals surface area contributed by atoms with Crippen LogP contribution in [0.5, 0.6) is 11.8 Å². The number of anilines is 2. The first-order valence-electron chi connectivity index (χ1n) is 10.4. The van der Waals surface area contributed by atoms with Crippen LogP contribution in [0.4, 0.5) is 16.2 Å². The zero-order valence-electron chi connectivity index (χ0n) is 19.7. The Hall–Kier alpha value is -4.09. The third-order valence-electron chi connectivity index (χ3n) is 4.15. The van der Waals surface area contributed by atoms with Gasteiger partial charge in [0.2, 0.25) is 11.8 Å². The van der Waals surface area contributed by atoms with Gasteiger partial charge in [-0.05, 0) is 32.9 Å². The van der Waals surface area contributed by atoms with E-state index in [9.17, 15) is 14.4 Å². The lowest BCUT2D eigenvalue weighted by Crippen LogP contribution is -2.50. The van der Waals surface area contributed by atoms with Crippen LogP contribution < -0.4 is 20.9 Å². The third kappa shape index (κ3) is 8.45. The molecule has 0 aromatic carbocycles. The summed E-state index contributed by atoms with van der Waals surface area (Å²) >= 11 is 0. The van der Waals surface area contributed by atoms with Crippen molar-refractivity contribution >= 4 is 29.3 Å².